The summed E-state index contributed by atoms with van der Waals surface area (Å²) in [6.07, 6.45) is 1.95. The molecule has 3 nitrogen and oxygen atoms in total. The number of benzene rings is 2. The van der Waals surface area contributed by atoms with Crippen molar-refractivity contribution >= 4 is 34.7 Å². The van der Waals surface area contributed by atoms with Gasteiger partial charge in [0.25, 0.3) is 5.91 Å². The van der Waals surface area contributed by atoms with Crippen molar-refractivity contribution in [2.24, 2.45) is 0 Å². The van der Waals surface area contributed by atoms with Crippen molar-refractivity contribution in [2.75, 3.05) is 6.54 Å². The van der Waals surface area contributed by atoms with Crippen LogP contribution in [0.4, 0.5) is 0 Å². The molecule has 1 N–H and O–H groups in total. The third-order valence-electron chi connectivity index (χ3n) is 3.34. The Balaban J connectivity index is 2.14. The Bertz CT molecular complexity index is 658. The second kappa shape index (κ2) is 8.65. The van der Waals surface area contributed by atoms with E-state index in [-0.39, 0.29) is 5.91 Å². The second-order valence-corrected chi connectivity index (χ2v) is 5.95. The lowest BCUT2D eigenvalue weighted by Crippen LogP contribution is -2.46. The van der Waals surface area contributed by atoms with Gasteiger partial charge in [0.1, 0.15) is 4.99 Å². The van der Waals surface area contributed by atoms with Gasteiger partial charge >= 0.3 is 0 Å². The summed E-state index contributed by atoms with van der Waals surface area (Å²) < 4.78 is 0. The van der Waals surface area contributed by atoms with Crippen molar-refractivity contribution in [3.63, 3.8) is 0 Å². The first-order chi connectivity index (χ1) is 11.1. The minimum absolute atomic E-state index is 0.169. The third kappa shape index (κ3) is 5.05. The average molecular weight is 347 g/mol. The highest BCUT2D eigenvalue weighted by Gasteiger charge is 2.15. The first-order valence-electron chi connectivity index (χ1n) is 7.55. The molecule has 2 aromatic rings. The third-order valence-corrected chi connectivity index (χ3v) is 4.05. The van der Waals surface area contributed by atoms with E-state index in [1.807, 2.05) is 30.3 Å². The lowest BCUT2D eigenvalue weighted by molar-refractivity contribution is 0.0871. The van der Waals surface area contributed by atoms with Gasteiger partial charge in [0, 0.05) is 22.7 Å². The number of amides is 1. The van der Waals surface area contributed by atoms with Crippen LogP contribution < -0.4 is 5.43 Å². The summed E-state index contributed by atoms with van der Waals surface area (Å²) in [5.41, 5.74) is 4.36. The highest BCUT2D eigenvalue weighted by Crippen LogP contribution is 2.12. The van der Waals surface area contributed by atoms with E-state index in [2.05, 4.69) is 12.3 Å². The number of carbonyl (C=O) groups excluding carboxylic acids is 1. The van der Waals surface area contributed by atoms with Crippen LogP contribution in [0, 0.1) is 0 Å². The number of hydrazine groups is 1. The van der Waals surface area contributed by atoms with E-state index in [1.165, 1.54) is 0 Å². The molecule has 0 aliphatic rings. The maximum Gasteiger partial charge on any atom is 0.269 e. The molecule has 0 unspecified atom stereocenters. The van der Waals surface area contributed by atoms with E-state index in [4.69, 9.17) is 23.8 Å². The van der Waals surface area contributed by atoms with Crippen LogP contribution in [0.3, 0.4) is 0 Å². The summed E-state index contributed by atoms with van der Waals surface area (Å²) in [6, 6.07) is 16.4. The molecule has 0 saturated heterocycles. The van der Waals surface area contributed by atoms with Crippen molar-refractivity contribution in [3.8, 4) is 0 Å². The van der Waals surface area contributed by atoms with E-state index in [1.54, 1.807) is 29.3 Å². The van der Waals surface area contributed by atoms with Crippen LogP contribution in [0.15, 0.2) is 54.6 Å². The summed E-state index contributed by atoms with van der Waals surface area (Å²) in [6.45, 7) is 2.76. The smallest absolute Gasteiger partial charge is 0.269 e. The molecule has 0 aliphatic carbocycles. The van der Waals surface area contributed by atoms with E-state index in [9.17, 15) is 4.79 Å². The van der Waals surface area contributed by atoms with Gasteiger partial charge in [0.2, 0.25) is 0 Å². The molecule has 0 heterocycles. The fourth-order valence-corrected chi connectivity index (χ4v) is 2.45. The van der Waals surface area contributed by atoms with E-state index < -0.39 is 0 Å². The molecule has 0 aliphatic heterocycles. The van der Waals surface area contributed by atoms with Gasteiger partial charge in [-0.1, -0.05) is 67.5 Å². The monoisotopic (exact) mass is 346 g/mol. The second-order valence-electron chi connectivity index (χ2n) is 5.12. The molecule has 0 atom stereocenters. The van der Waals surface area contributed by atoms with Crippen molar-refractivity contribution < 1.29 is 4.79 Å². The van der Waals surface area contributed by atoms with Crippen LogP contribution in [-0.2, 0) is 0 Å². The number of carbonyl (C=O) groups is 1. The van der Waals surface area contributed by atoms with Crippen LogP contribution in [0.5, 0.6) is 0 Å². The maximum absolute atomic E-state index is 12.4. The number of halogens is 1. The van der Waals surface area contributed by atoms with Gasteiger partial charge in [0.05, 0.1) is 0 Å². The zero-order valence-corrected chi connectivity index (χ0v) is 14.5. The zero-order chi connectivity index (χ0) is 16.7. The van der Waals surface area contributed by atoms with Crippen molar-refractivity contribution in [1.82, 2.24) is 10.4 Å². The normalized spacial score (nSPS) is 10.2. The Labute approximate surface area is 147 Å². The maximum atomic E-state index is 12.4. The lowest BCUT2D eigenvalue weighted by Gasteiger charge is -2.26. The largest absolute Gasteiger partial charge is 0.274 e. The molecular weight excluding hydrogens is 328 g/mol. The van der Waals surface area contributed by atoms with Gasteiger partial charge in [-0.25, -0.2) is 0 Å². The minimum atomic E-state index is -0.169. The molecule has 0 aromatic heterocycles. The van der Waals surface area contributed by atoms with Crippen LogP contribution in [0.25, 0.3) is 0 Å². The Morgan fingerprint density at radius 2 is 1.74 bits per heavy atom. The fraction of sp³-hybridized carbons (Fsp3) is 0.222. The number of nitrogens with one attached hydrogen (secondary N) is 1. The number of hydrogen-bond acceptors (Lipinski definition) is 2. The zero-order valence-electron chi connectivity index (χ0n) is 13.0. The number of hydrogen-bond donors (Lipinski definition) is 1. The Morgan fingerprint density at radius 3 is 2.35 bits per heavy atom. The van der Waals surface area contributed by atoms with Gasteiger partial charge in [-0.05, 0) is 30.7 Å². The minimum Gasteiger partial charge on any atom is -0.274 e. The quantitative estimate of drug-likeness (QED) is 0.640. The molecule has 1 amide bonds. The summed E-state index contributed by atoms with van der Waals surface area (Å²) in [7, 11) is 0. The molecule has 0 fully saturated rings. The van der Waals surface area contributed by atoms with E-state index in [0.29, 0.717) is 22.1 Å². The summed E-state index contributed by atoms with van der Waals surface area (Å²) >= 11 is 11.5. The van der Waals surface area contributed by atoms with Gasteiger partial charge in [-0.2, -0.15) is 0 Å². The Hall–Kier alpha value is -1.91. The highest BCUT2D eigenvalue weighted by molar-refractivity contribution is 7.80. The van der Waals surface area contributed by atoms with Crippen molar-refractivity contribution in [2.45, 2.75) is 19.8 Å². The van der Waals surface area contributed by atoms with E-state index in [0.717, 1.165) is 18.4 Å². The molecule has 23 heavy (non-hydrogen) atoms. The SMILES string of the molecule is CCCCN(NC(=O)c1ccccc1)C(=S)c1ccc(Cl)cc1. The number of nitrogens with zero attached hydrogens (tertiary/aromatic N) is 1. The van der Waals surface area contributed by atoms with Crippen LogP contribution in [0.1, 0.15) is 35.7 Å². The van der Waals surface area contributed by atoms with E-state index >= 15 is 0 Å². The molecule has 0 radical (unpaired) electrons. The van der Waals surface area contributed by atoms with Crippen molar-refractivity contribution in [1.29, 1.82) is 0 Å². The Kier molecular flexibility index (Phi) is 6.56. The molecule has 120 valence electrons. The topological polar surface area (TPSA) is 32.3 Å². The number of rotatable bonds is 5. The number of unbranched alkanes of at least 4 members (excludes halogenated alkanes) is 1. The molecule has 0 spiro atoms. The standard InChI is InChI=1S/C18H19ClN2OS/c1-2-3-13-21(18(23)15-9-11-16(19)12-10-15)20-17(22)14-7-5-4-6-8-14/h4-12H,2-3,13H2,1H3,(H,20,22). The molecule has 0 saturated carbocycles. The lowest BCUT2D eigenvalue weighted by atomic mass is 10.2. The van der Waals surface area contributed by atoms with Crippen LogP contribution in [-0.4, -0.2) is 22.4 Å². The molecule has 2 aromatic carbocycles. The average Bonchev–Trinajstić information content (AvgIpc) is 2.59. The molecule has 0 bridgehead atoms. The predicted octanol–water partition coefficient (Wildman–Crippen LogP) is 4.46. The molecule has 2 rings (SSSR count). The fourth-order valence-electron chi connectivity index (χ4n) is 2.05. The highest BCUT2D eigenvalue weighted by atomic mass is 35.5. The molecular formula is C18H19ClN2OS. The summed E-state index contributed by atoms with van der Waals surface area (Å²) in [5, 5.41) is 2.39. The van der Waals surface area contributed by atoms with Gasteiger partial charge in [0.15, 0.2) is 0 Å². The molecule has 5 heteroatoms. The van der Waals surface area contributed by atoms with Crippen LogP contribution >= 0.6 is 23.8 Å². The van der Waals surface area contributed by atoms with Gasteiger partial charge in [-0.15, -0.1) is 0 Å². The summed E-state index contributed by atoms with van der Waals surface area (Å²) in [4.78, 5) is 13.0. The Morgan fingerprint density at radius 1 is 1.09 bits per heavy atom. The predicted molar refractivity (Wildman–Crippen MR) is 98.7 cm³/mol. The van der Waals surface area contributed by atoms with Crippen molar-refractivity contribution in [3.05, 3.63) is 70.7 Å². The summed E-state index contributed by atoms with van der Waals surface area (Å²) in [5.74, 6) is -0.169. The first-order valence-corrected chi connectivity index (χ1v) is 8.34. The number of thiocarbonyl (C=S) groups is 1. The first kappa shape index (κ1) is 17.4. The van der Waals surface area contributed by atoms with Crippen LogP contribution in [0.2, 0.25) is 5.02 Å². The van der Waals surface area contributed by atoms with Gasteiger partial charge < -0.3 is 0 Å². The van der Waals surface area contributed by atoms with Gasteiger partial charge in [-0.3, -0.25) is 15.2 Å².